The normalized spacial score (nSPS) is 9.67. The van der Waals surface area contributed by atoms with Gasteiger partial charge in [0.05, 0.1) is 0 Å². The molecule has 0 aromatic carbocycles. The molecule has 0 rings (SSSR count). The van der Waals surface area contributed by atoms with Crippen LogP contribution in [0.3, 0.4) is 0 Å². The fourth-order valence-corrected chi connectivity index (χ4v) is 0. The van der Waals surface area contributed by atoms with Crippen molar-refractivity contribution in [2.75, 3.05) is 0 Å². The van der Waals surface area contributed by atoms with Crippen LogP contribution in [0.1, 0.15) is 0 Å². The average molecular weight is 305 g/mol. The fourth-order valence-electron chi connectivity index (χ4n) is 0. The summed E-state index contributed by atoms with van der Waals surface area (Å²) in [5, 5.41) is 0. The molecule has 0 aliphatic heterocycles. The SMILES string of the molecule is O=S(=O)(O)O.O=S(=O)([O-])[O-].[Fe].[Mn+2]. The third-order valence-corrected chi connectivity index (χ3v) is 0. The van der Waals surface area contributed by atoms with E-state index in [0.717, 1.165) is 0 Å². The van der Waals surface area contributed by atoms with Crippen LogP contribution >= 0.6 is 0 Å². The van der Waals surface area contributed by atoms with Gasteiger partial charge in [-0.25, -0.2) is 0 Å². The first-order valence-electron chi connectivity index (χ1n) is 1.37. The summed E-state index contributed by atoms with van der Waals surface area (Å²) < 4.78 is 65.7. The van der Waals surface area contributed by atoms with Crippen LogP contribution in [0, 0.1) is 0 Å². The summed E-state index contributed by atoms with van der Waals surface area (Å²) in [6.07, 6.45) is 0. The maximum Gasteiger partial charge on any atom is 2.00 e. The van der Waals surface area contributed by atoms with Gasteiger partial charge in [0.25, 0.3) is 0 Å². The predicted molar refractivity (Wildman–Crippen MR) is 24.7 cm³/mol. The Hall–Kier alpha value is 0.779. The molecule has 0 amide bonds. The molecule has 0 aromatic heterocycles. The first-order valence-corrected chi connectivity index (χ1v) is 4.10. The topological polar surface area (TPSA) is 155 Å². The summed E-state index contributed by atoms with van der Waals surface area (Å²) in [5.74, 6) is 0. The van der Waals surface area contributed by atoms with Crippen molar-refractivity contribution in [3.8, 4) is 0 Å². The van der Waals surface area contributed by atoms with Crippen molar-refractivity contribution in [2.45, 2.75) is 0 Å². The van der Waals surface area contributed by atoms with E-state index in [-0.39, 0.29) is 34.1 Å². The zero-order chi connectivity index (χ0) is 9.00. The van der Waals surface area contributed by atoms with Gasteiger partial charge in [0.1, 0.15) is 0 Å². The van der Waals surface area contributed by atoms with Crippen LogP contribution in [0.4, 0.5) is 0 Å². The van der Waals surface area contributed by atoms with Crippen molar-refractivity contribution in [3.63, 3.8) is 0 Å². The molecule has 0 spiro atoms. The number of rotatable bonds is 0. The summed E-state index contributed by atoms with van der Waals surface area (Å²) in [6, 6.07) is 0. The molecule has 77 valence electrons. The summed E-state index contributed by atoms with van der Waals surface area (Å²) in [4.78, 5) is 0. The second-order valence-electron chi connectivity index (χ2n) is 0.856. The number of hydrogen-bond donors (Lipinski definition) is 2. The molecule has 0 fully saturated rings. The maximum absolute atomic E-state index is 8.74. The molecule has 1 radical (unpaired) electrons. The predicted octanol–water partition coefficient (Wildman–Crippen LogP) is -2.00. The van der Waals surface area contributed by atoms with Gasteiger partial charge in [-0.1, -0.05) is 0 Å². The van der Waals surface area contributed by atoms with Gasteiger partial charge in [-0.2, -0.15) is 8.42 Å². The van der Waals surface area contributed by atoms with Crippen molar-refractivity contribution in [1.82, 2.24) is 0 Å². The minimum Gasteiger partial charge on any atom is -0.759 e. The first-order chi connectivity index (χ1) is 4.00. The molecule has 8 nitrogen and oxygen atoms in total. The van der Waals surface area contributed by atoms with Gasteiger partial charge in [-0.3, -0.25) is 17.5 Å². The van der Waals surface area contributed by atoms with Crippen molar-refractivity contribution >= 4 is 20.8 Å². The van der Waals surface area contributed by atoms with Crippen LogP contribution in [0.2, 0.25) is 0 Å². The van der Waals surface area contributed by atoms with E-state index >= 15 is 0 Å². The Morgan fingerprint density at radius 1 is 0.917 bits per heavy atom. The molecule has 0 saturated carbocycles. The van der Waals surface area contributed by atoms with E-state index in [1.807, 2.05) is 0 Å². The molecular weight excluding hydrogens is 303 g/mol. The second-order valence-corrected chi connectivity index (χ2v) is 2.57. The quantitative estimate of drug-likeness (QED) is 0.296. The van der Waals surface area contributed by atoms with Crippen LogP contribution in [0.25, 0.3) is 0 Å². The Bertz CT molecular complexity index is 213. The largest absolute Gasteiger partial charge is 2.00 e. The van der Waals surface area contributed by atoms with E-state index in [1.54, 1.807) is 0 Å². The van der Waals surface area contributed by atoms with Crippen LogP contribution < -0.4 is 0 Å². The van der Waals surface area contributed by atoms with Crippen molar-refractivity contribution in [2.24, 2.45) is 0 Å². The Morgan fingerprint density at radius 3 is 0.917 bits per heavy atom. The minimum absolute atomic E-state index is 0. The van der Waals surface area contributed by atoms with Crippen LogP contribution in [-0.4, -0.2) is 35.0 Å². The van der Waals surface area contributed by atoms with Gasteiger partial charge in [0.2, 0.25) is 0 Å². The molecule has 0 bridgehead atoms. The molecule has 0 heterocycles. The third kappa shape index (κ3) is 1700. The minimum atomic E-state index is -5.17. The Kier molecular flexibility index (Phi) is 16.1. The Morgan fingerprint density at radius 2 is 0.917 bits per heavy atom. The standard InChI is InChI=1S/Fe.Mn.2H2O4S/c;;2*1-5(2,3)4/h;;2*(H2,1,2,3,4)/q;+2;;/p-2. The van der Waals surface area contributed by atoms with E-state index in [4.69, 9.17) is 35.0 Å². The smallest absolute Gasteiger partial charge is 0.759 e. The Balaban J connectivity index is -0.0000000457. The monoisotopic (exact) mass is 305 g/mol. The van der Waals surface area contributed by atoms with Crippen molar-refractivity contribution < 1.29 is 69.2 Å². The van der Waals surface area contributed by atoms with Gasteiger partial charge in [-0.15, -0.1) is 0 Å². The number of hydrogen-bond acceptors (Lipinski definition) is 6. The molecule has 0 saturated heterocycles. The summed E-state index contributed by atoms with van der Waals surface area (Å²) >= 11 is 0. The molecule has 0 aliphatic rings. The van der Waals surface area contributed by atoms with E-state index in [1.165, 1.54) is 0 Å². The maximum atomic E-state index is 8.74. The van der Waals surface area contributed by atoms with Gasteiger partial charge in [0, 0.05) is 27.5 Å². The van der Waals surface area contributed by atoms with E-state index in [9.17, 15) is 0 Å². The molecule has 0 unspecified atom stereocenters. The van der Waals surface area contributed by atoms with E-state index in [2.05, 4.69) is 0 Å². The average Bonchev–Trinajstić information content (AvgIpc) is 1.12. The molecule has 0 atom stereocenters. The summed E-state index contributed by atoms with van der Waals surface area (Å²) in [6.45, 7) is 0. The van der Waals surface area contributed by atoms with Gasteiger partial charge in [-0.05, 0) is 0 Å². The van der Waals surface area contributed by atoms with Crippen LogP contribution in [0.15, 0.2) is 0 Å². The van der Waals surface area contributed by atoms with Crippen molar-refractivity contribution in [1.29, 1.82) is 0 Å². The van der Waals surface area contributed by atoms with Crippen LogP contribution in [-0.2, 0) is 54.9 Å². The third-order valence-electron chi connectivity index (χ3n) is 0. The van der Waals surface area contributed by atoms with E-state index in [0.29, 0.717) is 0 Å². The van der Waals surface area contributed by atoms with Gasteiger partial charge >= 0.3 is 27.5 Å². The molecule has 2 N–H and O–H groups in total. The summed E-state index contributed by atoms with van der Waals surface area (Å²) in [5.41, 5.74) is 0. The fraction of sp³-hybridized carbons (Fsp3) is 0. The second kappa shape index (κ2) is 8.38. The molecule has 0 aliphatic carbocycles. The molecule has 0 aromatic rings. The van der Waals surface area contributed by atoms with Gasteiger partial charge < -0.3 is 9.11 Å². The zero-order valence-corrected chi connectivity index (χ0v) is 8.81. The molecule has 12 heavy (non-hydrogen) atoms. The van der Waals surface area contributed by atoms with E-state index < -0.39 is 20.8 Å². The summed E-state index contributed by atoms with van der Waals surface area (Å²) in [7, 11) is -9.83. The van der Waals surface area contributed by atoms with Crippen LogP contribution in [0.5, 0.6) is 0 Å². The first kappa shape index (κ1) is 23.0. The zero-order valence-electron chi connectivity index (χ0n) is 4.89. The molecule has 12 heteroatoms. The Labute approximate surface area is 89.8 Å². The van der Waals surface area contributed by atoms with Gasteiger partial charge in [0.15, 0.2) is 0 Å². The van der Waals surface area contributed by atoms with Crippen molar-refractivity contribution in [3.05, 3.63) is 0 Å². The molecular formula is H2FeMnO8S2.